The van der Waals surface area contributed by atoms with Crippen LogP contribution in [0.4, 0.5) is 0 Å². The number of carbonyl (C=O) groups is 2. The maximum Gasteiger partial charge on any atom is 0.305 e. The number of amides is 1. The van der Waals surface area contributed by atoms with Gasteiger partial charge in [-0.1, -0.05) is 359 Å². The molecule has 6 nitrogen and oxygen atoms in total. The first-order valence-corrected chi connectivity index (χ1v) is 37.8. The van der Waals surface area contributed by atoms with Crippen molar-refractivity contribution in [3.63, 3.8) is 0 Å². The zero-order valence-electron chi connectivity index (χ0n) is 56.2. The third-order valence-electron chi connectivity index (χ3n) is 17.6. The van der Waals surface area contributed by atoms with Crippen molar-refractivity contribution in [2.24, 2.45) is 0 Å². The first kappa shape index (κ1) is 81.1. The Balaban J connectivity index is 3.38. The molecule has 0 aromatic rings. The predicted octanol–water partition coefficient (Wildman–Crippen LogP) is 24.7. The number of allylic oxidation sites excluding steroid dienone is 5. The van der Waals surface area contributed by atoms with Crippen molar-refractivity contribution in [1.29, 1.82) is 0 Å². The van der Waals surface area contributed by atoms with Gasteiger partial charge < -0.3 is 20.3 Å². The minimum absolute atomic E-state index is 0.0158. The number of hydrogen-bond acceptors (Lipinski definition) is 5. The molecule has 3 N–H and O–H groups in total. The van der Waals surface area contributed by atoms with E-state index in [0.717, 1.165) is 38.5 Å². The van der Waals surface area contributed by atoms with Crippen LogP contribution in [0, 0.1) is 0 Å². The van der Waals surface area contributed by atoms with Gasteiger partial charge in [-0.25, -0.2) is 0 Å². The van der Waals surface area contributed by atoms with E-state index < -0.39 is 12.1 Å². The summed E-state index contributed by atoms with van der Waals surface area (Å²) in [6, 6.07) is -0.629. The summed E-state index contributed by atoms with van der Waals surface area (Å²) in [7, 11) is 0. The number of rotatable bonds is 71. The van der Waals surface area contributed by atoms with Crippen LogP contribution in [0.15, 0.2) is 36.5 Å². The van der Waals surface area contributed by atoms with E-state index in [9.17, 15) is 19.8 Å². The number of nitrogens with one attached hydrogen (secondary N) is 1. The molecule has 1 amide bonds. The molecular formula is C77H147NO5. The lowest BCUT2D eigenvalue weighted by atomic mass is 10.0. The van der Waals surface area contributed by atoms with Gasteiger partial charge >= 0.3 is 5.97 Å². The number of carbonyl (C=O) groups excluding carboxylic acids is 2. The van der Waals surface area contributed by atoms with Gasteiger partial charge in [-0.05, 0) is 83.5 Å². The van der Waals surface area contributed by atoms with Gasteiger partial charge in [0.25, 0.3) is 0 Å². The number of unbranched alkanes of at least 4 members (excludes halogenated alkanes) is 56. The van der Waals surface area contributed by atoms with Crippen LogP contribution in [0.3, 0.4) is 0 Å². The van der Waals surface area contributed by atoms with Crippen molar-refractivity contribution in [3.8, 4) is 0 Å². The first-order chi connectivity index (χ1) is 41.0. The number of ether oxygens (including phenoxy) is 1. The molecule has 0 radical (unpaired) electrons. The highest BCUT2D eigenvalue weighted by atomic mass is 16.5. The molecule has 0 heterocycles. The molecule has 490 valence electrons. The quantitative estimate of drug-likeness (QED) is 0.0320. The normalized spacial score (nSPS) is 12.7. The van der Waals surface area contributed by atoms with Crippen LogP contribution < -0.4 is 5.32 Å². The van der Waals surface area contributed by atoms with Crippen LogP contribution in [-0.4, -0.2) is 47.4 Å². The number of esters is 1. The molecule has 0 aliphatic heterocycles. The van der Waals surface area contributed by atoms with E-state index in [0.29, 0.717) is 19.4 Å². The Labute approximate surface area is 519 Å². The minimum atomic E-state index is -0.845. The average Bonchev–Trinajstić information content (AvgIpc) is 3.49. The van der Waals surface area contributed by atoms with E-state index in [4.69, 9.17) is 4.74 Å². The summed E-state index contributed by atoms with van der Waals surface area (Å²) in [5.74, 6) is -0.0486. The topological polar surface area (TPSA) is 95.9 Å². The van der Waals surface area contributed by atoms with Crippen LogP contribution >= 0.6 is 0 Å². The van der Waals surface area contributed by atoms with Crippen LogP contribution in [-0.2, 0) is 14.3 Å². The summed E-state index contributed by atoms with van der Waals surface area (Å²) >= 11 is 0. The summed E-state index contributed by atoms with van der Waals surface area (Å²) in [6.07, 6.45) is 93.8. The highest BCUT2D eigenvalue weighted by Gasteiger charge is 2.18. The van der Waals surface area contributed by atoms with E-state index in [1.165, 1.54) is 353 Å². The molecule has 0 saturated carbocycles. The van der Waals surface area contributed by atoms with E-state index in [-0.39, 0.29) is 18.5 Å². The Bertz CT molecular complexity index is 1340. The Morgan fingerprint density at radius 1 is 0.325 bits per heavy atom. The van der Waals surface area contributed by atoms with Crippen LogP contribution in [0.2, 0.25) is 0 Å². The standard InChI is InChI=1S/C77H147NO5/c1-3-5-7-9-11-13-15-17-19-21-33-37-41-45-49-53-57-61-65-69-75(80)74(73-79)78-76(81)70-66-62-58-54-50-46-42-38-35-31-29-27-25-23-24-26-28-30-32-36-40-44-48-52-56-60-64-68-72-83-77(82)71-67-63-59-55-51-47-43-39-34-22-20-18-16-14-12-10-8-6-4-2/h18,20,23-24,65,69,74-75,79-80H,3-17,19,21-22,25-64,66-68,70-73H2,1-2H3,(H,78,81)/b20-18-,24-23-,69-65+. The van der Waals surface area contributed by atoms with Crippen LogP contribution in [0.5, 0.6) is 0 Å². The Hall–Kier alpha value is -1.92. The molecule has 0 bridgehead atoms. The molecular weight excluding hydrogens is 1020 g/mol. The van der Waals surface area contributed by atoms with Gasteiger partial charge in [-0.15, -0.1) is 0 Å². The third-order valence-corrected chi connectivity index (χ3v) is 17.6. The van der Waals surface area contributed by atoms with Crippen molar-refractivity contribution in [1.82, 2.24) is 5.32 Å². The fourth-order valence-corrected chi connectivity index (χ4v) is 11.9. The molecule has 0 aliphatic carbocycles. The fraction of sp³-hybridized carbons (Fsp3) is 0.896. The van der Waals surface area contributed by atoms with Crippen molar-refractivity contribution >= 4 is 11.9 Å². The summed E-state index contributed by atoms with van der Waals surface area (Å²) in [5, 5.41) is 23.2. The Morgan fingerprint density at radius 3 is 0.855 bits per heavy atom. The second-order valence-electron chi connectivity index (χ2n) is 26.0. The van der Waals surface area contributed by atoms with Gasteiger partial charge in [0.15, 0.2) is 0 Å². The van der Waals surface area contributed by atoms with E-state index >= 15 is 0 Å². The van der Waals surface area contributed by atoms with E-state index in [1.807, 2.05) is 6.08 Å². The molecule has 83 heavy (non-hydrogen) atoms. The molecule has 0 saturated heterocycles. The van der Waals surface area contributed by atoms with Gasteiger partial charge in [0.1, 0.15) is 0 Å². The molecule has 0 rings (SSSR count). The van der Waals surface area contributed by atoms with Crippen molar-refractivity contribution < 1.29 is 24.5 Å². The van der Waals surface area contributed by atoms with Gasteiger partial charge in [0.2, 0.25) is 5.91 Å². The number of hydrogen-bond donors (Lipinski definition) is 3. The number of aliphatic hydroxyl groups is 2. The summed E-state index contributed by atoms with van der Waals surface area (Å²) in [6.45, 7) is 4.94. The zero-order valence-corrected chi connectivity index (χ0v) is 56.2. The highest BCUT2D eigenvalue weighted by Crippen LogP contribution is 2.19. The monoisotopic (exact) mass is 1170 g/mol. The van der Waals surface area contributed by atoms with E-state index in [1.54, 1.807) is 6.08 Å². The maximum absolute atomic E-state index is 12.5. The molecule has 0 fully saturated rings. The largest absolute Gasteiger partial charge is 0.466 e. The molecule has 0 spiro atoms. The van der Waals surface area contributed by atoms with Crippen LogP contribution in [0.1, 0.15) is 418 Å². The Kier molecular flexibility index (Phi) is 70.9. The second-order valence-corrected chi connectivity index (χ2v) is 26.0. The average molecular weight is 1170 g/mol. The summed E-state index contributed by atoms with van der Waals surface area (Å²) in [5.41, 5.74) is 0. The highest BCUT2D eigenvalue weighted by molar-refractivity contribution is 5.76. The third kappa shape index (κ3) is 69.1. The molecule has 0 aliphatic rings. The Morgan fingerprint density at radius 2 is 0.566 bits per heavy atom. The lowest BCUT2D eigenvalue weighted by Gasteiger charge is -2.20. The van der Waals surface area contributed by atoms with Crippen molar-refractivity contribution in [3.05, 3.63) is 36.5 Å². The first-order valence-electron chi connectivity index (χ1n) is 37.8. The molecule has 2 atom stereocenters. The van der Waals surface area contributed by atoms with Gasteiger partial charge in [0, 0.05) is 12.8 Å². The van der Waals surface area contributed by atoms with E-state index in [2.05, 4.69) is 43.5 Å². The molecule has 0 aromatic heterocycles. The molecule has 2 unspecified atom stereocenters. The SMILES string of the molecule is CCCCCCCC/C=C\CCCCCCCCCCCC(=O)OCCCCCCCCCCCCCC/C=C\CCCCCCCCCCCCCCC(=O)NC(CO)C(O)/C=C/CCCCCCCCCCCCCCCCCCC. The molecule has 6 heteroatoms. The predicted molar refractivity (Wildman–Crippen MR) is 366 cm³/mol. The zero-order chi connectivity index (χ0) is 59.9. The van der Waals surface area contributed by atoms with Crippen molar-refractivity contribution in [2.45, 2.75) is 431 Å². The fourth-order valence-electron chi connectivity index (χ4n) is 11.9. The molecule has 0 aromatic carbocycles. The smallest absolute Gasteiger partial charge is 0.305 e. The maximum atomic E-state index is 12.5. The van der Waals surface area contributed by atoms with Gasteiger partial charge in [-0.2, -0.15) is 0 Å². The summed E-state index contributed by atoms with van der Waals surface area (Å²) < 4.78 is 5.51. The second kappa shape index (κ2) is 72.6. The summed E-state index contributed by atoms with van der Waals surface area (Å²) in [4.78, 5) is 24.6. The van der Waals surface area contributed by atoms with Crippen LogP contribution in [0.25, 0.3) is 0 Å². The van der Waals surface area contributed by atoms with Gasteiger partial charge in [0.05, 0.1) is 25.4 Å². The lowest BCUT2D eigenvalue weighted by molar-refractivity contribution is -0.143. The lowest BCUT2D eigenvalue weighted by Crippen LogP contribution is -2.45. The van der Waals surface area contributed by atoms with Gasteiger partial charge in [-0.3, -0.25) is 9.59 Å². The number of aliphatic hydroxyl groups excluding tert-OH is 2. The minimum Gasteiger partial charge on any atom is -0.466 e. The van der Waals surface area contributed by atoms with Crippen molar-refractivity contribution in [2.75, 3.05) is 13.2 Å².